The average Bonchev–Trinajstić information content (AvgIpc) is 2.71. The summed E-state index contributed by atoms with van der Waals surface area (Å²) >= 11 is 0. The Balaban J connectivity index is 4.35. The molecule has 8 heteroatoms. The minimum Gasteiger partial charge on any atom is -0.385 e. The number of ether oxygens (including phenoxy) is 2. The van der Waals surface area contributed by atoms with Crippen LogP contribution in [0.5, 0.6) is 0 Å². The zero-order valence-electron chi connectivity index (χ0n) is 20.9. The Kier molecular flexibility index (Phi) is 15.8. The van der Waals surface area contributed by atoms with Gasteiger partial charge in [-0.2, -0.15) is 0 Å². The van der Waals surface area contributed by atoms with E-state index in [9.17, 15) is 19.2 Å². The summed E-state index contributed by atoms with van der Waals surface area (Å²) < 4.78 is 10.4. The van der Waals surface area contributed by atoms with Crippen LogP contribution in [0.15, 0.2) is 0 Å². The third-order valence-corrected chi connectivity index (χ3v) is 4.98. The van der Waals surface area contributed by atoms with E-state index in [-0.39, 0.29) is 55.7 Å². The number of carbonyl (C=O) groups is 4. The number of hydrogen-bond donors (Lipinski definition) is 2. The number of hydrogen-bond acceptors (Lipinski definition) is 6. The van der Waals surface area contributed by atoms with Gasteiger partial charge >= 0.3 is 0 Å². The predicted octanol–water partition coefficient (Wildman–Crippen LogP) is 2.82. The van der Waals surface area contributed by atoms with Gasteiger partial charge in [0, 0.05) is 51.4 Å². The molecule has 186 valence electrons. The second-order valence-electron chi connectivity index (χ2n) is 9.54. The van der Waals surface area contributed by atoms with Gasteiger partial charge in [0.15, 0.2) is 5.78 Å². The van der Waals surface area contributed by atoms with E-state index in [1.807, 2.05) is 20.8 Å². The lowest BCUT2D eigenvalue weighted by atomic mass is 9.87. The maximum absolute atomic E-state index is 12.5. The van der Waals surface area contributed by atoms with E-state index in [0.29, 0.717) is 38.5 Å². The first-order valence-electron chi connectivity index (χ1n) is 11.7. The van der Waals surface area contributed by atoms with Crippen molar-refractivity contribution in [3.8, 4) is 0 Å². The molecule has 2 amide bonds. The summed E-state index contributed by atoms with van der Waals surface area (Å²) in [5, 5.41) is 5.54. The molecule has 1 unspecified atom stereocenters. The number of nitrogens with one attached hydrogen (secondary N) is 2. The van der Waals surface area contributed by atoms with Crippen molar-refractivity contribution in [2.24, 2.45) is 11.3 Å². The van der Waals surface area contributed by atoms with Crippen molar-refractivity contribution >= 4 is 23.4 Å². The largest absolute Gasteiger partial charge is 0.385 e. The second-order valence-corrected chi connectivity index (χ2v) is 9.54. The summed E-state index contributed by atoms with van der Waals surface area (Å²) in [6.45, 7) is 11.0. The topological polar surface area (TPSA) is 111 Å². The third-order valence-electron chi connectivity index (χ3n) is 4.98. The number of ketones is 2. The predicted molar refractivity (Wildman–Crippen MR) is 124 cm³/mol. The minimum atomic E-state index is -0.689. The molecule has 0 aliphatic rings. The molecule has 0 saturated carbocycles. The van der Waals surface area contributed by atoms with Gasteiger partial charge in [0.25, 0.3) is 0 Å². The Morgan fingerprint density at radius 2 is 1.53 bits per heavy atom. The molecule has 0 spiro atoms. The Hall–Kier alpha value is -1.80. The van der Waals surface area contributed by atoms with Gasteiger partial charge in [-0.25, -0.2) is 0 Å². The van der Waals surface area contributed by atoms with Gasteiger partial charge in [0.2, 0.25) is 11.8 Å². The molecule has 0 heterocycles. The highest BCUT2D eigenvalue weighted by molar-refractivity contribution is 5.90. The molecular weight excluding hydrogens is 412 g/mol. The van der Waals surface area contributed by atoms with Crippen LogP contribution < -0.4 is 10.6 Å². The Bertz CT molecular complexity index is 584. The van der Waals surface area contributed by atoms with E-state index < -0.39 is 11.5 Å². The van der Waals surface area contributed by atoms with Crippen molar-refractivity contribution in [2.45, 2.75) is 85.6 Å². The maximum atomic E-state index is 12.5. The molecule has 2 N–H and O–H groups in total. The van der Waals surface area contributed by atoms with Crippen LogP contribution in [0.1, 0.15) is 79.6 Å². The minimum absolute atomic E-state index is 0.000302. The average molecular weight is 457 g/mol. The fourth-order valence-corrected chi connectivity index (χ4v) is 2.83. The van der Waals surface area contributed by atoms with Crippen LogP contribution in [0.2, 0.25) is 0 Å². The van der Waals surface area contributed by atoms with Gasteiger partial charge in [-0.3, -0.25) is 19.2 Å². The maximum Gasteiger partial charge on any atom is 0.222 e. The van der Waals surface area contributed by atoms with Gasteiger partial charge in [0.05, 0.1) is 19.3 Å². The van der Waals surface area contributed by atoms with Gasteiger partial charge in [-0.15, -0.1) is 0 Å². The normalized spacial score (nSPS) is 12.5. The van der Waals surface area contributed by atoms with E-state index in [1.54, 1.807) is 7.11 Å². The molecular formula is C24H44N2O6. The fraction of sp³-hybridized carbons (Fsp3) is 0.833. The Morgan fingerprint density at radius 1 is 0.844 bits per heavy atom. The number of carbonyl (C=O) groups excluding carboxylic acids is 4. The lowest BCUT2D eigenvalue weighted by Crippen LogP contribution is -2.42. The summed E-state index contributed by atoms with van der Waals surface area (Å²) in [4.78, 5) is 48.7. The smallest absolute Gasteiger partial charge is 0.222 e. The van der Waals surface area contributed by atoms with Crippen LogP contribution in [-0.2, 0) is 28.7 Å². The Labute approximate surface area is 193 Å². The summed E-state index contributed by atoms with van der Waals surface area (Å²) in [6, 6.07) is -0.689. The summed E-state index contributed by atoms with van der Waals surface area (Å²) in [5.74, 6) is 0.152. The van der Waals surface area contributed by atoms with Crippen molar-refractivity contribution in [3.05, 3.63) is 0 Å². The van der Waals surface area contributed by atoms with Crippen LogP contribution in [0.3, 0.4) is 0 Å². The fourth-order valence-electron chi connectivity index (χ4n) is 2.83. The van der Waals surface area contributed by atoms with Crippen molar-refractivity contribution in [1.82, 2.24) is 10.6 Å². The molecule has 0 rings (SSSR count). The molecule has 32 heavy (non-hydrogen) atoms. The van der Waals surface area contributed by atoms with Gasteiger partial charge in [-0.05, 0) is 25.2 Å². The lowest BCUT2D eigenvalue weighted by molar-refractivity contribution is -0.130. The van der Waals surface area contributed by atoms with Crippen molar-refractivity contribution < 1.29 is 28.7 Å². The molecule has 0 aromatic heterocycles. The van der Waals surface area contributed by atoms with Gasteiger partial charge in [-0.1, -0.05) is 34.6 Å². The van der Waals surface area contributed by atoms with Crippen LogP contribution in [0, 0.1) is 11.3 Å². The summed E-state index contributed by atoms with van der Waals surface area (Å²) in [6.07, 6.45) is 2.83. The zero-order chi connectivity index (χ0) is 24.6. The van der Waals surface area contributed by atoms with Crippen molar-refractivity contribution in [2.75, 3.05) is 33.5 Å². The SMILES string of the molecule is COCCCC(=O)C(CCC(=O)C(C)(C)C)NC(=O)CCOCCNC(=O)CCC(C)C. The monoisotopic (exact) mass is 456 g/mol. The lowest BCUT2D eigenvalue weighted by Gasteiger charge is -2.21. The highest BCUT2D eigenvalue weighted by atomic mass is 16.5. The van der Waals surface area contributed by atoms with Crippen LogP contribution in [0.25, 0.3) is 0 Å². The summed E-state index contributed by atoms with van der Waals surface area (Å²) in [7, 11) is 1.57. The van der Waals surface area contributed by atoms with E-state index in [4.69, 9.17) is 9.47 Å². The highest BCUT2D eigenvalue weighted by Crippen LogP contribution is 2.19. The van der Waals surface area contributed by atoms with E-state index in [2.05, 4.69) is 24.5 Å². The zero-order valence-corrected chi connectivity index (χ0v) is 20.9. The molecule has 0 radical (unpaired) electrons. The van der Waals surface area contributed by atoms with Crippen LogP contribution in [0.4, 0.5) is 0 Å². The van der Waals surface area contributed by atoms with Crippen LogP contribution >= 0.6 is 0 Å². The number of rotatable bonds is 18. The molecule has 0 fully saturated rings. The first-order valence-corrected chi connectivity index (χ1v) is 11.7. The Morgan fingerprint density at radius 3 is 2.12 bits per heavy atom. The number of Topliss-reactive ketones (excluding diaryl/α,β-unsaturated/α-hetero) is 2. The van der Waals surface area contributed by atoms with E-state index >= 15 is 0 Å². The molecule has 0 saturated heterocycles. The van der Waals surface area contributed by atoms with Crippen LogP contribution in [-0.4, -0.2) is 62.9 Å². The molecule has 0 aromatic carbocycles. The molecule has 0 aliphatic carbocycles. The first-order chi connectivity index (χ1) is 15.0. The molecule has 0 aromatic rings. The number of amides is 2. The van der Waals surface area contributed by atoms with E-state index in [1.165, 1.54) is 0 Å². The second kappa shape index (κ2) is 16.8. The third kappa shape index (κ3) is 15.9. The molecule has 0 bridgehead atoms. The van der Waals surface area contributed by atoms with Crippen molar-refractivity contribution in [1.29, 1.82) is 0 Å². The van der Waals surface area contributed by atoms with Gasteiger partial charge in [0.1, 0.15) is 5.78 Å². The van der Waals surface area contributed by atoms with E-state index in [0.717, 1.165) is 6.42 Å². The quantitative estimate of drug-likeness (QED) is 0.307. The molecule has 0 aliphatic heterocycles. The molecule has 8 nitrogen and oxygen atoms in total. The standard InChI is InChI=1S/C24H44N2O6/c1-18(2)9-12-22(29)25-14-17-32-16-13-23(30)26-19(20(27)8-7-15-31-6)10-11-21(28)24(3,4)5/h18-19H,7-17H2,1-6H3,(H,25,29)(H,26,30). The van der Waals surface area contributed by atoms with Crippen molar-refractivity contribution in [3.63, 3.8) is 0 Å². The molecule has 1 atom stereocenters. The number of methoxy groups -OCH3 is 1. The highest BCUT2D eigenvalue weighted by Gasteiger charge is 2.25. The summed E-state index contributed by atoms with van der Waals surface area (Å²) in [5.41, 5.74) is -0.480. The van der Waals surface area contributed by atoms with Gasteiger partial charge < -0.3 is 20.1 Å². The first kappa shape index (κ1) is 30.2.